The van der Waals surface area contributed by atoms with Crippen LogP contribution in [0.3, 0.4) is 0 Å². The third-order valence-electron chi connectivity index (χ3n) is 27.3. The molecular weight excluding hydrogens is 1500 g/mol. The molecule has 0 aliphatic heterocycles. The standard InChI is InChI=1S/C114H66N8O/c1-114(92-44-22-18-42-87(92)106-110(114)115-104(67-50-53-81-79-39-19-23-45-93(79)119(97(81)62-67)70-28-4-2-5-29-70)111(116-106)121-95-60-58-84-76-36-13-12-34-74(76)75-35-16-17-41-83(75)100(84)102(95)89-55-48-65-26-8-10-32-72(65)108(89)121)69-52-57-86-91(64-69)78-38-15-14-37-77(78)85-59-61-96-103(101(85)86)90-56-49-66-27-9-11-33-73(66)109(90)122(96)112-105(118-113-107(117-112)88-43-21-25-47-99(88)123-113)68-51-54-82-80-40-20-24-46-94(80)120(98(82)63-68)71-30-6-3-7-31-71/h2-64H,1H3. The minimum absolute atomic E-state index is 0.477. The number of rotatable bonds is 7. The van der Waals surface area contributed by atoms with Crippen molar-refractivity contribution in [2.45, 2.75) is 12.3 Å². The van der Waals surface area contributed by atoms with Crippen LogP contribution in [0.15, 0.2) is 387 Å². The van der Waals surface area contributed by atoms with Gasteiger partial charge in [-0.3, -0.25) is 9.13 Å². The first-order chi connectivity index (χ1) is 60.9. The summed E-state index contributed by atoms with van der Waals surface area (Å²) in [4.78, 5) is 24.4. The van der Waals surface area contributed by atoms with E-state index >= 15 is 0 Å². The second-order valence-electron chi connectivity index (χ2n) is 33.4. The molecule has 0 amide bonds. The quantitative estimate of drug-likeness (QED) is 0.148. The molecule has 7 aromatic heterocycles. The Morgan fingerprint density at radius 3 is 1.23 bits per heavy atom. The van der Waals surface area contributed by atoms with Crippen molar-refractivity contribution in [2.75, 3.05) is 0 Å². The Kier molecular flexibility index (Phi) is 13.4. The van der Waals surface area contributed by atoms with Crippen LogP contribution in [0.2, 0.25) is 0 Å². The van der Waals surface area contributed by atoms with Gasteiger partial charge in [0.05, 0.1) is 60.9 Å². The number of furan rings is 1. The molecule has 0 N–H and O–H groups in total. The smallest absolute Gasteiger partial charge is 0.247 e. The Morgan fingerprint density at radius 2 is 0.659 bits per heavy atom. The van der Waals surface area contributed by atoms with Gasteiger partial charge in [-0.05, 0) is 162 Å². The highest BCUT2D eigenvalue weighted by molar-refractivity contribution is 6.39. The molecule has 7 heterocycles. The number of hydrogen-bond acceptors (Lipinski definition) is 5. The summed E-state index contributed by atoms with van der Waals surface area (Å²) >= 11 is 0. The van der Waals surface area contributed by atoms with Crippen molar-refractivity contribution in [2.24, 2.45) is 0 Å². The Morgan fingerprint density at radius 1 is 0.252 bits per heavy atom. The van der Waals surface area contributed by atoms with Gasteiger partial charge in [-0.15, -0.1) is 0 Å². The van der Waals surface area contributed by atoms with Gasteiger partial charge < -0.3 is 13.6 Å². The highest BCUT2D eigenvalue weighted by Crippen LogP contribution is 2.56. The lowest BCUT2D eigenvalue weighted by molar-refractivity contribution is 0.653. The van der Waals surface area contributed by atoms with Gasteiger partial charge in [-0.1, -0.05) is 303 Å². The monoisotopic (exact) mass is 1560 g/mol. The molecular formula is C114H66N8O. The molecule has 0 saturated heterocycles. The summed E-state index contributed by atoms with van der Waals surface area (Å²) in [5.41, 5.74) is 20.2. The maximum atomic E-state index is 6.76. The van der Waals surface area contributed by atoms with Gasteiger partial charge in [0.1, 0.15) is 22.5 Å². The molecule has 9 nitrogen and oxygen atoms in total. The van der Waals surface area contributed by atoms with Crippen molar-refractivity contribution in [1.29, 1.82) is 0 Å². The zero-order chi connectivity index (χ0) is 80.2. The lowest BCUT2D eigenvalue weighted by atomic mass is 9.75. The molecule has 1 aliphatic rings. The van der Waals surface area contributed by atoms with E-state index in [1.54, 1.807) is 0 Å². The minimum atomic E-state index is -0.854. The maximum absolute atomic E-state index is 6.76. The topological polar surface area (TPSA) is 84.4 Å². The Bertz CT molecular complexity index is 9400. The third-order valence-corrected chi connectivity index (χ3v) is 27.3. The number of nitrogens with zero attached hydrogens (tertiary/aromatic N) is 8. The van der Waals surface area contributed by atoms with Crippen LogP contribution in [0.25, 0.3) is 252 Å². The lowest BCUT2D eigenvalue weighted by Crippen LogP contribution is -2.24. The molecule has 0 radical (unpaired) electrons. The molecule has 1 unspecified atom stereocenters. The molecule has 0 spiro atoms. The van der Waals surface area contributed by atoms with Crippen molar-refractivity contribution < 1.29 is 4.42 Å². The predicted octanol–water partition coefficient (Wildman–Crippen LogP) is 29.4. The van der Waals surface area contributed by atoms with Crippen LogP contribution >= 0.6 is 0 Å². The van der Waals surface area contributed by atoms with Crippen LogP contribution in [-0.2, 0) is 5.41 Å². The minimum Gasteiger partial charge on any atom is -0.436 e. The van der Waals surface area contributed by atoms with Crippen molar-refractivity contribution in [3.8, 4) is 56.8 Å². The highest BCUT2D eigenvalue weighted by Gasteiger charge is 2.45. The molecule has 0 bridgehead atoms. The number of hydrogen-bond donors (Lipinski definition) is 0. The van der Waals surface area contributed by atoms with Gasteiger partial charge in [-0.2, -0.15) is 0 Å². The molecule has 568 valence electrons. The number of para-hydroxylation sites is 5. The van der Waals surface area contributed by atoms with Crippen molar-refractivity contribution in [3.05, 3.63) is 399 Å². The van der Waals surface area contributed by atoms with Crippen LogP contribution in [0.4, 0.5) is 0 Å². The van der Waals surface area contributed by atoms with Crippen molar-refractivity contribution >= 4 is 196 Å². The van der Waals surface area contributed by atoms with E-state index in [-0.39, 0.29) is 0 Å². The first-order valence-electron chi connectivity index (χ1n) is 42.3. The van der Waals surface area contributed by atoms with Crippen LogP contribution < -0.4 is 0 Å². The number of fused-ring (bicyclic) bond motifs is 36. The molecule has 1 aliphatic carbocycles. The normalized spacial score (nSPS) is 13.8. The van der Waals surface area contributed by atoms with E-state index in [1.165, 1.54) is 48.5 Å². The lowest BCUT2D eigenvalue weighted by Gasteiger charge is -2.28. The summed E-state index contributed by atoms with van der Waals surface area (Å²) in [6.45, 7) is 2.40. The van der Waals surface area contributed by atoms with Gasteiger partial charge in [-0.25, -0.2) is 19.9 Å². The van der Waals surface area contributed by atoms with E-state index in [0.717, 1.165) is 198 Å². The maximum Gasteiger partial charge on any atom is 0.247 e. The molecule has 0 fully saturated rings. The van der Waals surface area contributed by atoms with E-state index in [2.05, 4.69) is 395 Å². The van der Waals surface area contributed by atoms with Crippen LogP contribution in [0.1, 0.15) is 23.7 Å². The largest absolute Gasteiger partial charge is 0.436 e. The summed E-state index contributed by atoms with van der Waals surface area (Å²) in [6.07, 6.45) is 0. The van der Waals surface area contributed by atoms with Crippen molar-refractivity contribution in [1.82, 2.24) is 38.2 Å². The van der Waals surface area contributed by atoms with E-state index in [1.807, 2.05) is 12.1 Å². The summed E-state index contributed by atoms with van der Waals surface area (Å²) in [7, 11) is 0. The predicted molar refractivity (Wildman–Crippen MR) is 511 cm³/mol. The third kappa shape index (κ3) is 8.97. The fraction of sp³-hybridized carbons (Fsp3) is 0.0175. The van der Waals surface area contributed by atoms with E-state index < -0.39 is 5.41 Å². The second kappa shape index (κ2) is 24.6. The molecule has 20 aromatic carbocycles. The first kappa shape index (κ1) is 66.6. The van der Waals surface area contributed by atoms with Crippen LogP contribution in [0.5, 0.6) is 0 Å². The average Bonchev–Trinajstić information content (AvgIpc) is 1.55. The van der Waals surface area contributed by atoms with Gasteiger partial charge in [0.2, 0.25) is 5.71 Å². The van der Waals surface area contributed by atoms with Crippen LogP contribution in [-0.4, -0.2) is 38.2 Å². The Labute approximate surface area is 701 Å². The SMILES string of the molecule is CC1(c2ccc3c(c2)c2ccccc2c2ccc4c(c5ccc6ccccc6c5n4-c4nc5c(nc4-c4ccc6c7ccccc7n(-c7ccccc7)c6c4)oc4ccccc45)c23)c2ccccc2-c2nc(-n3c4ccc5c6ccccc6c6ccccc6c5c4c4ccc5ccccc5c43)c(-c3ccc4c5ccccc5n(-c5ccccc5)c4c3)nc21. The van der Waals surface area contributed by atoms with Gasteiger partial charge >= 0.3 is 0 Å². The Hall–Kier alpha value is -16.4. The van der Waals surface area contributed by atoms with Crippen molar-refractivity contribution in [3.63, 3.8) is 0 Å². The average molecular weight is 1560 g/mol. The highest BCUT2D eigenvalue weighted by atomic mass is 16.3. The van der Waals surface area contributed by atoms with E-state index in [4.69, 9.17) is 24.4 Å². The van der Waals surface area contributed by atoms with Gasteiger partial charge in [0, 0.05) is 98.1 Å². The van der Waals surface area contributed by atoms with E-state index in [9.17, 15) is 0 Å². The molecule has 27 aromatic rings. The zero-order valence-electron chi connectivity index (χ0n) is 66.4. The van der Waals surface area contributed by atoms with Gasteiger partial charge in [0.25, 0.3) is 0 Å². The fourth-order valence-corrected chi connectivity index (χ4v) is 22.0. The summed E-state index contributed by atoms with van der Waals surface area (Å²) in [5, 5.41) is 28.9. The zero-order valence-corrected chi connectivity index (χ0v) is 66.4. The number of aromatic nitrogens is 8. The summed E-state index contributed by atoms with van der Waals surface area (Å²) < 4.78 is 16.5. The Balaban J connectivity index is 0.721. The second-order valence-corrected chi connectivity index (χ2v) is 33.4. The molecule has 123 heavy (non-hydrogen) atoms. The molecule has 1 atom stereocenters. The molecule has 9 heteroatoms. The first-order valence-corrected chi connectivity index (χ1v) is 42.3. The summed E-state index contributed by atoms with van der Waals surface area (Å²) in [5.74, 6) is 1.46. The fourth-order valence-electron chi connectivity index (χ4n) is 22.0. The molecule has 0 saturated carbocycles. The number of benzene rings is 20. The van der Waals surface area contributed by atoms with Gasteiger partial charge in [0.15, 0.2) is 11.6 Å². The molecule has 28 rings (SSSR count). The van der Waals surface area contributed by atoms with E-state index in [0.29, 0.717) is 22.7 Å². The van der Waals surface area contributed by atoms with Crippen LogP contribution in [0, 0.1) is 0 Å². The summed E-state index contributed by atoms with van der Waals surface area (Å²) in [6, 6.07) is 141.